The van der Waals surface area contributed by atoms with Gasteiger partial charge in [0.1, 0.15) is 5.69 Å². The van der Waals surface area contributed by atoms with Crippen molar-refractivity contribution in [2.45, 2.75) is 6.17 Å². The van der Waals surface area contributed by atoms with Crippen molar-refractivity contribution in [3.8, 4) is 11.4 Å². The summed E-state index contributed by atoms with van der Waals surface area (Å²) >= 11 is 0. The molecule has 3 heterocycles. The van der Waals surface area contributed by atoms with E-state index in [0.717, 1.165) is 17.2 Å². The molecule has 0 amide bonds. The first-order valence-corrected chi connectivity index (χ1v) is 20.7. The lowest BCUT2D eigenvalue weighted by atomic mass is 9.97. The number of hydrogen-bond donors (Lipinski definition) is 1. The van der Waals surface area contributed by atoms with Crippen LogP contribution in [-0.4, -0.2) is 15.0 Å². The van der Waals surface area contributed by atoms with Crippen LogP contribution in [0.1, 0.15) is 17.3 Å². The summed E-state index contributed by atoms with van der Waals surface area (Å²) in [5.41, 5.74) is 10.7. The van der Waals surface area contributed by atoms with Crippen LogP contribution in [-0.2, 0) is 0 Å². The van der Waals surface area contributed by atoms with Gasteiger partial charge in [-0.25, -0.2) is 4.90 Å². The molecule has 10 aromatic carbocycles. The zero-order valence-corrected chi connectivity index (χ0v) is 32.6. The Kier molecular flexibility index (Phi) is 7.12. The van der Waals surface area contributed by atoms with Gasteiger partial charge in [0.2, 0.25) is 12.0 Å². The standard InChI is InChI=1S/C56H36N4/c1-2-16-40-34-54-48(33-39(40)15-1)49-35-42(59-51-24-9-7-21-45(51)46-22-8-10-25-52(46)59)31-32-53(49)58(54)41-29-27-38(28-30-41)55-57-56(47-23-11-17-36-13-3-5-19-43(36)47)60(55)50-26-12-18-37-14-4-6-20-44(37)50/h1-35,55H/p+1. The van der Waals surface area contributed by atoms with Gasteiger partial charge in [-0.15, -0.1) is 0 Å². The lowest BCUT2D eigenvalue weighted by Gasteiger charge is -2.35. The zero-order chi connectivity index (χ0) is 39.3. The fourth-order valence-corrected chi connectivity index (χ4v) is 10.1. The molecular formula is C56H37N4+. The van der Waals surface area contributed by atoms with E-state index in [-0.39, 0.29) is 6.17 Å². The van der Waals surface area contributed by atoms with Crippen molar-refractivity contribution in [1.82, 2.24) is 9.13 Å². The minimum absolute atomic E-state index is 0.0882. The van der Waals surface area contributed by atoms with Crippen molar-refractivity contribution in [2.24, 2.45) is 4.99 Å². The number of amidine groups is 1. The maximum Gasteiger partial charge on any atom is 0.242 e. The molecular weight excluding hydrogens is 729 g/mol. The van der Waals surface area contributed by atoms with Crippen molar-refractivity contribution >= 4 is 87.5 Å². The van der Waals surface area contributed by atoms with E-state index in [1.165, 1.54) is 97.6 Å². The fourth-order valence-electron chi connectivity index (χ4n) is 10.1. The first-order chi connectivity index (χ1) is 29.8. The molecule has 2 atom stereocenters. The topological polar surface area (TPSA) is 26.7 Å². The van der Waals surface area contributed by atoms with Gasteiger partial charge in [0.05, 0.1) is 27.6 Å². The number of quaternary nitrogens is 1. The minimum Gasteiger partial charge on any atom is -0.309 e. The number of fused-ring (bicyclic) bond motifs is 9. The number of aromatic nitrogens is 2. The Morgan fingerprint density at radius 3 is 1.60 bits per heavy atom. The molecule has 2 aromatic heterocycles. The third-order valence-electron chi connectivity index (χ3n) is 12.8. The van der Waals surface area contributed by atoms with Crippen LogP contribution in [0, 0.1) is 0 Å². The van der Waals surface area contributed by atoms with Gasteiger partial charge in [0, 0.05) is 49.9 Å². The highest BCUT2D eigenvalue weighted by atomic mass is 15.4. The largest absolute Gasteiger partial charge is 0.309 e. The number of nitrogens with one attached hydrogen (secondary N) is 1. The predicted molar refractivity (Wildman–Crippen MR) is 250 cm³/mol. The van der Waals surface area contributed by atoms with Gasteiger partial charge in [-0.3, -0.25) is 0 Å². The molecule has 4 nitrogen and oxygen atoms in total. The monoisotopic (exact) mass is 765 g/mol. The molecule has 12 aromatic rings. The Morgan fingerprint density at radius 1 is 0.350 bits per heavy atom. The maximum absolute atomic E-state index is 5.45. The number of nitrogens with zero attached hydrogens (tertiary/aromatic N) is 3. The van der Waals surface area contributed by atoms with E-state index in [1.54, 1.807) is 0 Å². The van der Waals surface area contributed by atoms with Gasteiger partial charge in [0.15, 0.2) is 0 Å². The van der Waals surface area contributed by atoms with Crippen LogP contribution in [0.15, 0.2) is 217 Å². The average Bonchev–Trinajstić information content (AvgIpc) is 3.80. The molecule has 60 heavy (non-hydrogen) atoms. The number of para-hydroxylation sites is 2. The smallest absolute Gasteiger partial charge is 0.242 e. The maximum atomic E-state index is 5.45. The van der Waals surface area contributed by atoms with E-state index in [2.05, 4.69) is 221 Å². The number of aliphatic imine (C=N–C) groups is 1. The van der Waals surface area contributed by atoms with Crippen molar-refractivity contribution in [3.05, 3.63) is 223 Å². The van der Waals surface area contributed by atoms with E-state index in [0.29, 0.717) is 0 Å². The molecule has 0 fully saturated rings. The molecule has 1 aliphatic rings. The Labute approximate surface area is 346 Å². The average molecular weight is 766 g/mol. The molecule has 1 aliphatic heterocycles. The summed E-state index contributed by atoms with van der Waals surface area (Å²) in [5.74, 6) is 1.07. The molecule has 0 radical (unpaired) electrons. The molecule has 0 bridgehead atoms. The molecule has 0 saturated heterocycles. The van der Waals surface area contributed by atoms with Crippen molar-refractivity contribution in [3.63, 3.8) is 0 Å². The van der Waals surface area contributed by atoms with Gasteiger partial charge in [-0.05, 0) is 106 Å². The van der Waals surface area contributed by atoms with Crippen molar-refractivity contribution in [1.29, 1.82) is 0 Å². The third-order valence-corrected chi connectivity index (χ3v) is 12.8. The van der Waals surface area contributed by atoms with Crippen LogP contribution in [0.3, 0.4) is 0 Å². The lowest BCUT2D eigenvalue weighted by Crippen LogP contribution is -3.14. The highest BCUT2D eigenvalue weighted by Crippen LogP contribution is 2.39. The molecule has 280 valence electrons. The molecule has 13 rings (SSSR count). The Balaban J connectivity index is 0.977. The molecule has 0 saturated carbocycles. The van der Waals surface area contributed by atoms with Crippen LogP contribution < -0.4 is 4.90 Å². The zero-order valence-electron chi connectivity index (χ0n) is 32.6. The molecule has 0 aliphatic carbocycles. The normalized spacial score (nSPS) is 15.4. The van der Waals surface area contributed by atoms with E-state index >= 15 is 0 Å². The third kappa shape index (κ3) is 4.86. The first-order valence-electron chi connectivity index (χ1n) is 20.7. The van der Waals surface area contributed by atoms with Crippen LogP contribution in [0.5, 0.6) is 0 Å². The summed E-state index contributed by atoms with van der Waals surface area (Å²) < 4.78 is 4.86. The quantitative estimate of drug-likeness (QED) is 0.181. The molecule has 0 spiro atoms. The highest BCUT2D eigenvalue weighted by Gasteiger charge is 2.42. The van der Waals surface area contributed by atoms with Gasteiger partial charge >= 0.3 is 0 Å². The fraction of sp³-hybridized carbons (Fsp3) is 0.0179. The minimum atomic E-state index is -0.0882. The number of rotatable bonds is 5. The summed E-state index contributed by atoms with van der Waals surface area (Å²) in [6.07, 6.45) is -0.0882. The molecule has 4 heteroatoms. The van der Waals surface area contributed by atoms with E-state index < -0.39 is 0 Å². The Bertz CT molecular complexity index is 3670. The van der Waals surface area contributed by atoms with Crippen molar-refractivity contribution in [2.75, 3.05) is 0 Å². The Hall–Kier alpha value is -7.79. The molecule has 1 N–H and O–H groups in total. The summed E-state index contributed by atoms with van der Waals surface area (Å²) in [4.78, 5) is 6.73. The summed E-state index contributed by atoms with van der Waals surface area (Å²) in [6, 6.07) is 77.7. The second-order valence-corrected chi connectivity index (χ2v) is 16.1. The summed E-state index contributed by atoms with van der Waals surface area (Å²) in [5, 5.41) is 12.4. The van der Waals surface area contributed by atoms with E-state index in [9.17, 15) is 0 Å². The van der Waals surface area contributed by atoms with Gasteiger partial charge < -0.3 is 9.13 Å². The van der Waals surface area contributed by atoms with Crippen molar-refractivity contribution < 1.29 is 4.90 Å². The Morgan fingerprint density at radius 2 is 0.867 bits per heavy atom. The predicted octanol–water partition coefficient (Wildman–Crippen LogP) is 13.0. The van der Waals surface area contributed by atoms with E-state index in [1.807, 2.05) is 0 Å². The van der Waals surface area contributed by atoms with Gasteiger partial charge in [-0.1, -0.05) is 127 Å². The van der Waals surface area contributed by atoms with Gasteiger partial charge in [0.25, 0.3) is 0 Å². The van der Waals surface area contributed by atoms with Crippen LogP contribution in [0.4, 0.5) is 5.69 Å². The second kappa shape index (κ2) is 12.9. The molecule has 2 unspecified atom stereocenters. The number of hydrogen-bond acceptors (Lipinski definition) is 1. The number of benzene rings is 10. The lowest BCUT2D eigenvalue weighted by molar-refractivity contribution is -0.791. The van der Waals surface area contributed by atoms with Crippen LogP contribution in [0.25, 0.3) is 87.3 Å². The van der Waals surface area contributed by atoms with E-state index in [4.69, 9.17) is 4.99 Å². The summed E-state index contributed by atoms with van der Waals surface area (Å²) in [6.45, 7) is 0. The highest BCUT2D eigenvalue weighted by molar-refractivity contribution is 6.15. The first kappa shape index (κ1) is 33.2. The summed E-state index contributed by atoms with van der Waals surface area (Å²) in [7, 11) is 0. The van der Waals surface area contributed by atoms with Gasteiger partial charge in [-0.2, -0.15) is 4.99 Å². The van der Waals surface area contributed by atoms with Crippen LogP contribution >= 0.6 is 0 Å². The van der Waals surface area contributed by atoms with Crippen LogP contribution in [0.2, 0.25) is 0 Å². The SMILES string of the molecule is c1ccc2cc3c(cc2c1)c1cc(-n2c4ccccc4c4ccccc42)ccc1n3-c1ccc(C2N=C(c3cccc4ccccc34)[NH+]2c2cccc3ccccc23)cc1. The second-order valence-electron chi connectivity index (χ2n) is 16.1.